The third kappa shape index (κ3) is 2.17. The number of fused-ring (bicyclic) bond motifs is 1. The van der Waals surface area contributed by atoms with Gasteiger partial charge in [0.15, 0.2) is 9.84 Å². The van der Waals surface area contributed by atoms with Gasteiger partial charge in [0.05, 0.1) is 31.4 Å². The molecule has 0 amide bonds. The Balaban J connectivity index is 2.56. The first-order valence-corrected chi connectivity index (χ1v) is 7.14. The Kier molecular flexibility index (Phi) is 3.25. The quantitative estimate of drug-likeness (QED) is 0.722. The van der Waals surface area contributed by atoms with E-state index >= 15 is 0 Å². The van der Waals surface area contributed by atoms with E-state index in [0.717, 1.165) is 0 Å². The summed E-state index contributed by atoms with van der Waals surface area (Å²) in [5.41, 5.74) is 1.35. The van der Waals surface area contributed by atoms with Crippen LogP contribution in [0, 0.1) is 0 Å². The molecule has 0 aliphatic carbocycles. The van der Waals surface area contributed by atoms with Crippen LogP contribution in [0.1, 0.15) is 21.6 Å². The lowest BCUT2D eigenvalue weighted by atomic mass is 10.1. The normalized spacial score (nSPS) is 16.8. The number of nitrogens with zero attached hydrogens (tertiary/aromatic N) is 1. The van der Waals surface area contributed by atoms with Crippen molar-refractivity contribution in [3.63, 3.8) is 0 Å². The summed E-state index contributed by atoms with van der Waals surface area (Å²) >= 11 is 0. The van der Waals surface area contributed by atoms with Crippen molar-refractivity contribution in [1.82, 2.24) is 4.98 Å². The van der Waals surface area contributed by atoms with E-state index < -0.39 is 15.8 Å². The van der Waals surface area contributed by atoms with Gasteiger partial charge in [-0.1, -0.05) is 0 Å². The first kappa shape index (κ1) is 12.8. The molecule has 6 nitrogen and oxygen atoms in total. The van der Waals surface area contributed by atoms with E-state index in [4.69, 9.17) is 4.74 Å². The van der Waals surface area contributed by atoms with E-state index in [1.54, 1.807) is 0 Å². The second-order valence-corrected chi connectivity index (χ2v) is 6.15. The average Bonchev–Trinajstić information content (AvgIpc) is 2.35. The minimum Gasteiger partial charge on any atom is -0.495 e. The highest BCUT2D eigenvalue weighted by Gasteiger charge is 2.28. The van der Waals surface area contributed by atoms with Crippen molar-refractivity contribution >= 4 is 15.8 Å². The molecule has 18 heavy (non-hydrogen) atoms. The molecule has 0 spiro atoms. The summed E-state index contributed by atoms with van der Waals surface area (Å²) in [4.78, 5) is 15.6. The van der Waals surface area contributed by atoms with Crippen LogP contribution in [-0.4, -0.2) is 39.3 Å². The van der Waals surface area contributed by atoms with Gasteiger partial charge < -0.3 is 9.47 Å². The number of aromatic nitrogens is 1. The Bertz CT molecular complexity index is 594. The standard InChI is InChI=1S/C11H13NO5S/c1-16-10-7-3-4-18(14,15)6-9(7)12-5-8(10)11(13)17-2/h5H,3-4,6H2,1-2H3. The van der Waals surface area contributed by atoms with Gasteiger partial charge in [0.25, 0.3) is 0 Å². The molecule has 98 valence electrons. The van der Waals surface area contributed by atoms with Crippen LogP contribution in [0.2, 0.25) is 0 Å². The Labute approximate surface area is 105 Å². The van der Waals surface area contributed by atoms with Crippen LogP contribution in [0.3, 0.4) is 0 Å². The van der Waals surface area contributed by atoms with Crippen molar-refractivity contribution in [3.8, 4) is 5.75 Å². The zero-order chi connectivity index (χ0) is 13.3. The van der Waals surface area contributed by atoms with Crippen LogP contribution >= 0.6 is 0 Å². The molecule has 2 rings (SSSR count). The average molecular weight is 271 g/mol. The predicted molar refractivity (Wildman–Crippen MR) is 63.3 cm³/mol. The highest BCUT2D eigenvalue weighted by molar-refractivity contribution is 7.90. The highest BCUT2D eigenvalue weighted by atomic mass is 32.2. The van der Waals surface area contributed by atoms with Crippen LogP contribution < -0.4 is 4.74 Å². The molecule has 1 aliphatic heterocycles. The Morgan fingerprint density at radius 1 is 1.39 bits per heavy atom. The molecule has 0 aromatic carbocycles. The van der Waals surface area contributed by atoms with Gasteiger partial charge in [-0.15, -0.1) is 0 Å². The van der Waals surface area contributed by atoms with Crippen LogP contribution in [0.25, 0.3) is 0 Å². The second-order valence-electron chi connectivity index (χ2n) is 3.96. The van der Waals surface area contributed by atoms with E-state index in [9.17, 15) is 13.2 Å². The lowest BCUT2D eigenvalue weighted by Crippen LogP contribution is -2.22. The number of rotatable bonds is 2. The molecule has 0 N–H and O–H groups in total. The molecule has 0 fully saturated rings. The lowest BCUT2D eigenvalue weighted by molar-refractivity contribution is 0.0596. The summed E-state index contributed by atoms with van der Waals surface area (Å²) < 4.78 is 32.9. The van der Waals surface area contributed by atoms with Crippen LogP contribution in [0.4, 0.5) is 0 Å². The molecular formula is C11H13NO5S. The van der Waals surface area contributed by atoms with Crippen molar-refractivity contribution < 1.29 is 22.7 Å². The Morgan fingerprint density at radius 2 is 2.11 bits per heavy atom. The maximum absolute atomic E-state index is 11.5. The second kappa shape index (κ2) is 4.56. The molecule has 0 radical (unpaired) electrons. The number of pyridine rings is 1. The summed E-state index contributed by atoms with van der Waals surface area (Å²) in [5.74, 6) is -0.250. The zero-order valence-corrected chi connectivity index (χ0v) is 10.9. The van der Waals surface area contributed by atoms with Crippen LogP contribution in [0.5, 0.6) is 5.75 Å². The maximum atomic E-state index is 11.5. The van der Waals surface area contributed by atoms with E-state index in [0.29, 0.717) is 23.4 Å². The van der Waals surface area contributed by atoms with Gasteiger partial charge in [-0.3, -0.25) is 4.98 Å². The number of methoxy groups -OCH3 is 2. The largest absolute Gasteiger partial charge is 0.495 e. The molecule has 0 bridgehead atoms. The SMILES string of the molecule is COC(=O)c1cnc2c(c1OC)CCS(=O)(=O)C2. The minimum absolute atomic E-state index is 0.0443. The summed E-state index contributed by atoms with van der Waals surface area (Å²) in [6.45, 7) is 0. The number of ether oxygens (including phenoxy) is 2. The molecule has 1 aromatic rings. The highest BCUT2D eigenvalue weighted by Crippen LogP contribution is 2.31. The van der Waals surface area contributed by atoms with Gasteiger partial charge in [0, 0.05) is 11.8 Å². The minimum atomic E-state index is -3.09. The van der Waals surface area contributed by atoms with Crippen molar-refractivity contribution in [2.24, 2.45) is 0 Å². The topological polar surface area (TPSA) is 82.6 Å². The first-order chi connectivity index (χ1) is 8.48. The monoisotopic (exact) mass is 271 g/mol. The fourth-order valence-electron chi connectivity index (χ4n) is 1.98. The predicted octanol–water partition coefficient (Wildman–Crippen LogP) is 0.348. The fourth-order valence-corrected chi connectivity index (χ4v) is 3.31. The van der Waals surface area contributed by atoms with E-state index in [1.807, 2.05) is 0 Å². The number of esters is 1. The van der Waals surface area contributed by atoms with Crippen molar-refractivity contribution in [1.29, 1.82) is 0 Å². The summed E-state index contributed by atoms with van der Waals surface area (Å²) in [6, 6.07) is 0. The molecule has 0 atom stereocenters. The van der Waals surface area contributed by atoms with Gasteiger partial charge in [0.2, 0.25) is 0 Å². The van der Waals surface area contributed by atoms with Crippen LogP contribution in [-0.2, 0) is 26.7 Å². The lowest BCUT2D eigenvalue weighted by Gasteiger charge is -2.19. The van der Waals surface area contributed by atoms with E-state index in [2.05, 4.69) is 9.72 Å². The van der Waals surface area contributed by atoms with E-state index in [-0.39, 0.29) is 17.1 Å². The fraction of sp³-hybridized carbons (Fsp3) is 0.455. The third-order valence-corrected chi connectivity index (χ3v) is 4.39. The van der Waals surface area contributed by atoms with Crippen LogP contribution in [0.15, 0.2) is 6.20 Å². The van der Waals surface area contributed by atoms with Gasteiger partial charge in [-0.05, 0) is 6.42 Å². The molecule has 0 saturated carbocycles. The first-order valence-electron chi connectivity index (χ1n) is 5.32. The maximum Gasteiger partial charge on any atom is 0.343 e. The van der Waals surface area contributed by atoms with Crippen molar-refractivity contribution in [3.05, 3.63) is 23.0 Å². The van der Waals surface area contributed by atoms with Crippen molar-refractivity contribution in [2.45, 2.75) is 12.2 Å². The van der Waals surface area contributed by atoms with Gasteiger partial charge in [0.1, 0.15) is 11.3 Å². The molecule has 1 aromatic heterocycles. The van der Waals surface area contributed by atoms with Gasteiger partial charge in [-0.25, -0.2) is 13.2 Å². The molecule has 1 aliphatic rings. The number of sulfone groups is 1. The summed E-state index contributed by atoms with van der Waals surface area (Å²) in [6.07, 6.45) is 1.60. The number of hydrogen-bond donors (Lipinski definition) is 0. The molecule has 2 heterocycles. The summed E-state index contributed by atoms with van der Waals surface area (Å²) in [5, 5.41) is 0. The molecular weight excluding hydrogens is 258 g/mol. The Morgan fingerprint density at radius 3 is 2.72 bits per heavy atom. The smallest absolute Gasteiger partial charge is 0.343 e. The van der Waals surface area contributed by atoms with E-state index in [1.165, 1.54) is 20.4 Å². The third-order valence-electron chi connectivity index (χ3n) is 2.85. The summed E-state index contributed by atoms with van der Waals surface area (Å²) in [7, 11) is -0.389. The molecule has 7 heteroatoms. The number of hydrogen-bond acceptors (Lipinski definition) is 6. The number of carbonyl (C=O) groups excluding carboxylic acids is 1. The van der Waals surface area contributed by atoms with Gasteiger partial charge in [-0.2, -0.15) is 0 Å². The molecule has 0 saturated heterocycles. The van der Waals surface area contributed by atoms with Crippen molar-refractivity contribution in [2.75, 3.05) is 20.0 Å². The van der Waals surface area contributed by atoms with Gasteiger partial charge >= 0.3 is 5.97 Å². The molecule has 0 unspecified atom stereocenters. The Hall–Kier alpha value is -1.63. The number of carbonyl (C=O) groups is 1. The zero-order valence-electron chi connectivity index (χ0n) is 10.1.